The normalized spacial score (nSPS) is 29.8. The second kappa shape index (κ2) is 5.84. The fourth-order valence-electron chi connectivity index (χ4n) is 3.34. The molecule has 0 radical (unpaired) electrons. The summed E-state index contributed by atoms with van der Waals surface area (Å²) in [6.07, 6.45) is 3.06. The van der Waals surface area contributed by atoms with Gasteiger partial charge in [-0.05, 0) is 37.8 Å². The molecule has 3 nitrogen and oxygen atoms in total. The molecule has 2 bridgehead atoms. The van der Waals surface area contributed by atoms with Gasteiger partial charge in [-0.15, -0.1) is 11.6 Å². The number of hydrogen-bond donors (Lipinski definition) is 0. The molecule has 2 unspecified atom stereocenters. The Morgan fingerprint density at radius 2 is 1.57 bits per heavy atom. The van der Waals surface area contributed by atoms with E-state index in [1.165, 1.54) is 0 Å². The number of sulfonamides is 1. The van der Waals surface area contributed by atoms with Gasteiger partial charge in [0.15, 0.2) is 0 Å². The molecule has 0 aromatic heterocycles. The highest BCUT2D eigenvalue weighted by Crippen LogP contribution is 2.44. The summed E-state index contributed by atoms with van der Waals surface area (Å²) in [5.74, 6) is 0. The molecule has 2 saturated heterocycles. The molecule has 2 fully saturated rings. The summed E-state index contributed by atoms with van der Waals surface area (Å²) in [6, 6.07) is 3.01. The average molecular weight is 434 g/mol. The second-order valence-electron chi connectivity index (χ2n) is 5.49. The third-order valence-corrected chi connectivity index (χ3v) is 7.85. The van der Waals surface area contributed by atoms with Gasteiger partial charge < -0.3 is 0 Å². The molecule has 0 N–H and O–H groups in total. The van der Waals surface area contributed by atoms with Crippen LogP contribution in [0.4, 0.5) is 0 Å². The smallest absolute Gasteiger partial charge is 0.207 e. The summed E-state index contributed by atoms with van der Waals surface area (Å²) in [4.78, 5) is -0.000967. The minimum Gasteiger partial charge on any atom is -0.207 e. The molecule has 0 saturated carbocycles. The number of fused-ring (bicyclic) bond motifs is 2. The Labute approximate surface area is 147 Å². The van der Waals surface area contributed by atoms with E-state index in [-0.39, 0.29) is 32.4 Å². The van der Waals surface area contributed by atoms with Gasteiger partial charge in [0.2, 0.25) is 10.0 Å². The Morgan fingerprint density at radius 3 is 2.05 bits per heavy atom. The number of piperidine rings is 1. The van der Waals surface area contributed by atoms with Crippen LogP contribution in [0.25, 0.3) is 0 Å². The number of alkyl halides is 1. The van der Waals surface area contributed by atoms with Crippen LogP contribution in [-0.4, -0.2) is 30.2 Å². The number of halogens is 4. The van der Waals surface area contributed by atoms with E-state index >= 15 is 0 Å². The Bertz CT molecular complexity index is 645. The monoisotopic (exact) mass is 431 g/mol. The van der Waals surface area contributed by atoms with E-state index in [0.29, 0.717) is 17.3 Å². The number of benzene rings is 1. The molecule has 2 aliphatic heterocycles. The minimum absolute atomic E-state index is 0.000967. The van der Waals surface area contributed by atoms with Crippen LogP contribution in [0.15, 0.2) is 21.5 Å². The van der Waals surface area contributed by atoms with Crippen LogP contribution in [0.1, 0.15) is 25.7 Å². The predicted molar refractivity (Wildman–Crippen MR) is 88.9 cm³/mol. The van der Waals surface area contributed by atoms with Crippen molar-refractivity contribution in [3.8, 4) is 0 Å². The van der Waals surface area contributed by atoms with Crippen LogP contribution >= 0.6 is 50.7 Å². The van der Waals surface area contributed by atoms with Crippen LogP contribution in [0.5, 0.6) is 0 Å². The van der Waals surface area contributed by atoms with Gasteiger partial charge in [-0.1, -0.05) is 39.1 Å². The maximum atomic E-state index is 13.0. The van der Waals surface area contributed by atoms with Crippen molar-refractivity contribution in [2.45, 2.75) is 48.0 Å². The molecular formula is C13H13BrCl3NO2S. The lowest BCUT2D eigenvalue weighted by atomic mass is 10.1. The maximum absolute atomic E-state index is 13.0. The molecular weight excluding hydrogens is 420 g/mol. The van der Waals surface area contributed by atoms with Crippen LogP contribution in [-0.2, 0) is 10.0 Å². The van der Waals surface area contributed by atoms with Crippen LogP contribution in [0, 0.1) is 0 Å². The molecule has 2 aliphatic rings. The minimum atomic E-state index is -3.71. The van der Waals surface area contributed by atoms with E-state index in [1.807, 2.05) is 0 Å². The van der Waals surface area contributed by atoms with Gasteiger partial charge in [-0.3, -0.25) is 0 Å². The summed E-state index contributed by atoms with van der Waals surface area (Å²) in [5, 5.41) is 0.327. The van der Waals surface area contributed by atoms with Gasteiger partial charge >= 0.3 is 0 Å². The van der Waals surface area contributed by atoms with Gasteiger partial charge in [0.1, 0.15) is 4.90 Å². The summed E-state index contributed by atoms with van der Waals surface area (Å²) >= 11 is 21.7. The number of hydrogen-bond acceptors (Lipinski definition) is 2. The highest BCUT2D eigenvalue weighted by Gasteiger charge is 2.47. The molecule has 116 valence electrons. The topological polar surface area (TPSA) is 37.4 Å². The molecule has 8 heteroatoms. The lowest BCUT2D eigenvalue weighted by Gasteiger charge is -2.36. The highest BCUT2D eigenvalue weighted by molar-refractivity contribution is 9.10. The van der Waals surface area contributed by atoms with Crippen LogP contribution in [0.3, 0.4) is 0 Å². The molecule has 1 aromatic carbocycles. The van der Waals surface area contributed by atoms with Crippen molar-refractivity contribution in [3.63, 3.8) is 0 Å². The second-order valence-corrected chi connectivity index (χ2v) is 9.61. The standard InChI is InChI=1S/C13H13BrCl3NO2S/c14-7-3-11(16)13(12(17)4-7)21(19,20)18-9-1-2-10(18)6-8(15)5-9/h3-4,8-10H,1-2,5-6H2. The van der Waals surface area contributed by atoms with Crippen LogP contribution < -0.4 is 0 Å². The van der Waals surface area contributed by atoms with Gasteiger partial charge in [0, 0.05) is 21.9 Å². The third kappa shape index (κ3) is 2.86. The SMILES string of the molecule is O=S(=O)(c1c(Cl)cc(Br)cc1Cl)N1C2CCC1CC(Cl)C2. The highest BCUT2D eigenvalue weighted by atomic mass is 79.9. The molecule has 3 rings (SSSR count). The lowest BCUT2D eigenvalue weighted by molar-refractivity contribution is 0.251. The van der Waals surface area contributed by atoms with Gasteiger partial charge in [-0.2, -0.15) is 4.31 Å². The molecule has 21 heavy (non-hydrogen) atoms. The first-order valence-electron chi connectivity index (χ1n) is 6.63. The van der Waals surface area contributed by atoms with Crippen molar-refractivity contribution in [3.05, 3.63) is 26.7 Å². The average Bonchev–Trinajstić information content (AvgIpc) is 2.61. The van der Waals surface area contributed by atoms with E-state index in [2.05, 4.69) is 15.9 Å². The van der Waals surface area contributed by atoms with Gasteiger partial charge in [0.25, 0.3) is 0 Å². The third-order valence-electron chi connectivity index (χ3n) is 4.11. The first-order chi connectivity index (χ1) is 9.80. The van der Waals surface area contributed by atoms with Crippen molar-refractivity contribution < 1.29 is 8.42 Å². The zero-order chi connectivity index (χ0) is 15.4. The fourth-order valence-corrected chi connectivity index (χ4v) is 7.54. The zero-order valence-electron chi connectivity index (χ0n) is 10.9. The van der Waals surface area contributed by atoms with E-state index in [9.17, 15) is 8.42 Å². The molecule has 0 spiro atoms. The van der Waals surface area contributed by atoms with E-state index in [1.54, 1.807) is 16.4 Å². The molecule has 2 heterocycles. The maximum Gasteiger partial charge on any atom is 0.246 e. The van der Waals surface area contributed by atoms with Crippen molar-refractivity contribution >= 4 is 60.8 Å². The predicted octanol–water partition coefficient (Wildman–Crippen LogP) is 4.68. The molecule has 2 atom stereocenters. The summed E-state index contributed by atoms with van der Waals surface area (Å²) in [7, 11) is -3.71. The first kappa shape index (κ1) is 16.3. The molecule has 0 amide bonds. The summed E-state index contributed by atoms with van der Waals surface area (Å²) < 4.78 is 28.2. The van der Waals surface area contributed by atoms with Gasteiger partial charge in [0.05, 0.1) is 10.0 Å². The van der Waals surface area contributed by atoms with Crippen molar-refractivity contribution in [1.29, 1.82) is 0 Å². The largest absolute Gasteiger partial charge is 0.246 e. The van der Waals surface area contributed by atoms with Crippen molar-refractivity contribution in [1.82, 2.24) is 4.31 Å². The quantitative estimate of drug-likeness (QED) is 0.635. The Balaban J connectivity index is 2.06. The Kier molecular flexibility index (Phi) is 4.54. The lowest BCUT2D eigenvalue weighted by Crippen LogP contribution is -2.46. The summed E-state index contributed by atoms with van der Waals surface area (Å²) in [6.45, 7) is 0. The van der Waals surface area contributed by atoms with Crippen LogP contribution in [0.2, 0.25) is 10.0 Å². The van der Waals surface area contributed by atoms with E-state index in [0.717, 1.165) is 12.8 Å². The van der Waals surface area contributed by atoms with Crippen molar-refractivity contribution in [2.24, 2.45) is 0 Å². The zero-order valence-corrected chi connectivity index (χ0v) is 15.6. The first-order valence-corrected chi connectivity index (χ1v) is 10.1. The summed E-state index contributed by atoms with van der Waals surface area (Å²) in [5.41, 5.74) is 0. The van der Waals surface area contributed by atoms with E-state index < -0.39 is 10.0 Å². The number of nitrogens with zero attached hydrogens (tertiary/aromatic N) is 1. The van der Waals surface area contributed by atoms with Crippen molar-refractivity contribution in [2.75, 3.05) is 0 Å². The van der Waals surface area contributed by atoms with E-state index in [4.69, 9.17) is 34.8 Å². The van der Waals surface area contributed by atoms with Gasteiger partial charge in [-0.25, -0.2) is 8.42 Å². The Morgan fingerprint density at radius 1 is 1.10 bits per heavy atom. The number of rotatable bonds is 2. The fraction of sp³-hybridized carbons (Fsp3) is 0.538. The molecule has 0 aliphatic carbocycles. The Hall–Kier alpha value is 0.480. The molecule has 1 aromatic rings.